The third-order valence-corrected chi connectivity index (χ3v) is 4.78. The van der Waals surface area contributed by atoms with E-state index in [2.05, 4.69) is 31.9 Å². The van der Waals surface area contributed by atoms with Crippen LogP contribution >= 0.6 is 67.3 Å². The van der Waals surface area contributed by atoms with Crippen LogP contribution in [0.1, 0.15) is 5.56 Å². The molecule has 0 aromatic heterocycles. The van der Waals surface area contributed by atoms with Crippen LogP contribution < -0.4 is 10.5 Å². The second-order valence-electron chi connectivity index (χ2n) is 3.80. The molecular weight excluding hydrogens is 449 g/mol. The second kappa shape index (κ2) is 6.62. The molecular formula is C13H7Br2Cl2NOS. The molecule has 0 saturated carbocycles. The summed E-state index contributed by atoms with van der Waals surface area (Å²) < 4.78 is 7.17. The van der Waals surface area contributed by atoms with Crippen LogP contribution in [0.5, 0.6) is 11.5 Å². The Morgan fingerprint density at radius 3 is 2.35 bits per heavy atom. The minimum absolute atomic E-state index is 0.313. The monoisotopic (exact) mass is 453 g/mol. The summed E-state index contributed by atoms with van der Waals surface area (Å²) in [6.45, 7) is 0. The van der Waals surface area contributed by atoms with Gasteiger partial charge in [-0.3, -0.25) is 0 Å². The van der Waals surface area contributed by atoms with Crippen LogP contribution in [0.25, 0.3) is 0 Å². The number of hydrogen-bond acceptors (Lipinski definition) is 2. The fourth-order valence-electron chi connectivity index (χ4n) is 1.47. The van der Waals surface area contributed by atoms with Gasteiger partial charge in [-0.25, -0.2) is 0 Å². The molecule has 0 bridgehead atoms. The molecule has 0 atom stereocenters. The highest BCUT2D eigenvalue weighted by Gasteiger charge is 2.10. The van der Waals surface area contributed by atoms with Crippen molar-refractivity contribution in [3.63, 3.8) is 0 Å². The van der Waals surface area contributed by atoms with E-state index in [-0.39, 0.29) is 0 Å². The Morgan fingerprint density at radius 2 is 1.75 bits per heavy atom. The molecule has 0 aliphatic rings. The van der Waals surface area contributed by atoms with Crippen molar-refractivity contribution >= 4 is 72.3 Å². The first-order valence-corrected chi connectivity index (χ1v) is 8.05. The molecule has 104 valence electrons. The lowest BCUT2D eigenvalue weighted by Gasteiger charge is -2.10. The van der Waals surface area contributed by atoms with Crippen LogP contribution in [0.4, 0.5) is 0 Å². The van der Waals surface area contributed by atoms with E-state index in [0.29, 0.717) is 31.0 Å². The average Bonchev–Trinajstić information content (AvgIpc) is 2.35. The molecule has 0 amide bonds. The van der Waals surface area contributed by atoms with Gasteiger partial charge >= 0.3 is 0 Å². The van der Waals surface area contributed by atoms with Crippen molar-refractivity contribution in [1.82, 2.24) is 0 Å². The lowest BCUT2D eigenvalue weighted by Crippen LogP contribution is -2.09. The first-order chi connectivity index (χ1) is 9.38. The van der Waals surface area contributed by atoms with E-state index in [1.54, 1.807) is 30.3 Å². The first kappa shape index (κ1) is 16.0. The smallest absolute Gasteiger partial charge is 0.147 e. The van der Waals surface area contributed by atoms with E-state index in [0.717, 1.165) is 10.0 Å². The van der Waals surface area contributed by atoms with Gasteiger partial charge in [0.15, 0.2) is 0 Å². The lowest BCUT2D eigenvalue weighted by atomic mass is 10.2. The van der Waals surface area contributed by atoms with Gasteiger partial charge in [0, 0.05) is 20.6 Å². The fourth-order valence-corrected chi connectivity index (χ4v) is 3.18. The number of nitrogens with two attached hydrogens (primary N) is 1. The van der Waals surface area contributed by atoms with Crippen molar-refractivity contribution in [2.24, 2.45) is 5.73 Å². The molecule has 20 heavy (non-hydrogen) atoms. The van der Waals surface area contributed by atoms with Gasteiger partial charge in [0.25, 0.3) is 0 Å². The highest BCUT2D eigenvalue weighted by Crippen LogP contribution is 2.37. The summed E-state index contributed by atoms with van der Waals surface area (Å²) in [5.74, 6) is 1.06. The van der Waals surface area contributed by atoms with Gasteiger partial charge < -0.3 is 10.5 Å². The van der Waals surface area contributed by atoms with E-state index in [1.807, 2.05) is 0 Å². The zero-order valence-electron chi connectivity index (χ0n) is 9.79. The number of hydrogen-bond donors (Lipinski definition) is 1. The van der Waals surface area contributed by atoms with Gasteiger partial charge in [-0.1, -0.05) is 35.4 Å². The maximum Gasteiger partial charge on any atom is 0.147 e. The summed E-state index contributed by atoms with van der Waals surface area (Å²) in [5.41, 5.74) is 6.34. The minimum atomic E-state index is 0.313. The molecule has 0 radical (unpaired) electrons. The zero-order chi connectivity index (χ0) is 14.9. The predicted molar refractivity (Wildman–Crippen MR) is 94.3 cm³/mol. The highest BCUT2D eigenvalue weighted by atomic mass is 79.9. The van der Waals surface area contributed by atoms with Crippen LogP contribution in [0, 0.1) is 0 Å². The Morgan fingerprint density at radius 1 is 1.05 bits per heavy atom. The number of benzene rings is 2. The van der Waals surface area contributed by atoms with Crippen LogP contribution in [-0.2, 0) is 0 Å². The molecule has 2 N–H and O–H groups in total. The Labute approximate surface area is 148 Å². The summed E-state index contributed by atoms with van der Waals surface area (Å²) >= 11 is 23.8. The lowest BCUT2D eigenvalue weighted by molar-refractivity contribution is 0.482. The molecule has 2 nitrogen and oxygen atoms in total. The van der Waals surface area contributed by atoms with E-state index < -0.39 is 0 Å². The number of ether oxygens (including phenoxy) is 1. The van der Waals surface area contributed by atoms with E-state index in [1.165, 1.54) is 0 Å². The molecule has 2 aromatic carbocycles. The Hall–Kier alpha value is -0.330. The molecule has 2 rings (SSSR count). The SMILES string of the molecule is NC(=S)c1ccc(Oc2cc(Cl)c(Br)cc2Cl)cc1Br. The van der Waals surface area contributed by atoms with Gasteiger partial charge in [0.05, 0.1) is 10.0 Å². The highest BCUT2D eigenvalue weighted by molar-refractivity contribution is 9.10. The molecule has 7 heteroatoms. The van der Waals surface area contributed by atoms with Crippen LogP contribution in [0.2, 0.25) is 10.0 Å². The van der Waals surface area contributed by atoms with E-state index >= 15 is 0 Å². The van der Waals surface area contributed by atoms with E-state index in [4.69, 9.17) is 45.9 Å². The van der Waals surface area contributed by atoms with Crippen molar-refractivity contribution in [3.05, 3.63) is 54.9 Å². The first-order valence-electron chi connectivity index (χ1n) is 5.30. The summed E-state index contributed by atoms with van der Waals surface area (Å²) in [5, 5.41) is 0.971. The Kier molecular flexibility index (Phi) is 5.31. The predicted octanol–water partition coefficient (Wildman–Crippen LogP) is 5.94. The van der Waals surface area contributed by atoms with Crippen LogP contribution in [0.15, 0.2) is 39.3 Å². The maximum atomic E-state index is 6.11. The van der Waals surface area contributed by atoms with Gasteiger partial charge in [-0.15, -0.1) is 0 Å². The minimum Gasteiger partial charge on any atom is -0.456 e. The molecule has 0 aliphatic carbocycles. The van der Waals surface area contributed by atoms with Crippen molar-refractivity contribution in [1.29, 1.82) is 0 Å². The van der Waals surface area contributed by atoms with E-state index in [9.17, 15) is 0 Å². The van der Waals surface area contributed by atoms with Crippen molar-refractivity contribution < 1.29 is 4.74 Å². The Balaban J connectivity index is 2.33. The van der Waals surface area contributed by atoms with Crippen molar-refractivity contribution in [2.45, 2.75) is 0 Å². The zero-order valence-corrected chi connectivity index (χ0v) is 15.3. The number of rotatable bonds is 3. The van der Waals surface area contributed by atoms with Crippen LogP contribution in [0.3, 0.4) is 0 Å². The molecule has 0 saturated heterocycles. The summed E-state index contributed by atoms with van der Waals surface area (Å²) in [6.07, 6.45) is 0. The van der Waals surface area contributed by atoms with Gasteiger partial charge in [0.2, 0.25) is 0 Å². The molecule has 0 unspecified atom stereocenters. The van der Waals surface area contributed by atoms with Gasteiger partial charge in [0.1, 0.15) is 16.5 Å². The topological polar surface area (TPSA) is 35.2 Å². The number of halogens is 4. The average molecular weight is 456 g/mol. The largest absolute Gasteiger partial charge is 0.456 e. The third kappa shape index (κ3) is 3.65. The third-order valence-electron chi connectivity index (χ3n) is 2.41. The summed E-state index contributed by atoms with van der Waals surface area (Å²) in [4.78, 5) is 0.313. The molecule has 0 heterocycles. The number of thiocarbonyl (C=S) groups is 1. The van der Waals surface area contributed by atoms with Crippen LogP contribution in [-0.4, -0.2) is 4.99 Å². The summed E-state index contributed by atoms with van der Waals surface area (Å²) in [7, 11) is 0. The molecule has 0 fully saturated rings. The van der Waals surface area contributed by atoms with Gasteiger partial charge in [-0.05, 0) is 56.1 Å². The Bertz CT molecular complexity index is 694. The van der Waals surface area contributed by atoms with Crippen molar-refractivity contribution in [3.8, 4) is 11.5 Å². The quantitative estimate of drug-likeness (QED) is 0.459. The molecule has 2 aromatic rings. The van der Waals surface area contributed by atoms with Crippen molar-refractivity contribution in [2.75, 3.05) is 0 Å². The summed E-state index contributed by atoms with van der Waals surface area (Å²) in [6, 6.07) is 8.61. The standard InChI is InChI=1S/C13H7Br2Cl2NOS/c14-8-3-6(1-2-7(8)13(18)20)19-12-5-10(16)9(15)4-11(12)17/h1-5H,(H2,18,20). The fraction of sp³-hybridized carbons (Fsp3) is 0. The normalized spacial score (nSPS) is 10.4. The maximum absolute atomic E-state index is 6.11. The molecule has 0 spiro atoms. The molecule has 0 aliphatic heterocycles. The second-order valence-corrected chi connectivity index (χ2v) is 6.77. The van der Waals surface area contributed by atoms with Gasteiger partial charge in [-0.2, -0.15) is 0 Å².